The summed E-state index contributed by atoms with van der Waals surface area (Å²) in [6, 6.07) is 12.2. The first-order valence-corrected chi connectivity index (χ1v) is 11.3. The molecular formula is C23H31N5OS. The molecule has 160 valence electrons. The van der Waals surface area contributed by atoms with E-state index in [4.69, 9.17) is 10.7 Å². The molecule has 0 spiro atoms. The standard InChI is InChI=1S/C23H31N5OS/c1-23(2,3)15-28-19-12-11-18(25-21(19)26(4)22(28)29)16-8-7-13-27(14-16)30-20-10-6-5-9-17(20)24/h5-6,9-12,16H,7-8,13-15,24H2,1-4H3. The lowest BCUT2D eigenvalue weighted by Crippen LogP contribution is -2.29. The maximum absolute atomic E-state index is 12.8. The van der Waals surface area contributed by atoms with Crippen LogP contribution in [0.4, 0.5) is 5.69 Å². The number of piperidine rings is 1. The smallest absolute Gasteiger partial charge is 0.330 e. The van der Waals surface area contributed by atoms with Crippen LogP contribution in [0, 0.1) is 5.41 Å². The van der Waals surface area contributed by atoms with Gasteiger partial charge in [-0.3, -0.25) is 9.13 Å². The zero-order chi connectivity index (χ0) is 21.5. The second kappa shape index (κ2) is 8.12. The lowest BCUT2D eigenvalue weighted by Gasteiger charge is -2.31. The van der Waals surface area contributed by atoms with Crippen molar-refractivity contribution >= 4 is 28.8 Å². The highest BCUT2D eigenvalue weighted by atomic mass is 32.2. The average Bonchev–Trinajstić information content (AvgIpc) is 2.93. The third-order valence-electron chi connectivity index (χ3n) is 5.58. The van der Waals surface area contributed by atoms with E-state index in [0.29, 0.717) is 12.5 Å². The molecule has 4 rings (SSSR count). The number of aryl methyl sites for hydroxylation is 1. The molecule has 3 aromatic rings. The number of fused-ring (bicyclic) bond motifs is 1. The fourth-order valence-electron chi connectivity index (χ4n) is 4.11. The van der Waals surface area contributed by atoms with E-state index in [1.54, 1.807) is 16.5 Å². The molecule has 2 aromatic heterocycles. The molecule has 1 saturated heterocycles. The fourth-order valence-corrected chi connectivity index (χ4v) is 5.18. The first-order chi connectivity index (χ1) is 14.2. The Balaban J connectivity index is 1.59. The Kier molecular flexibility index (Phi) is 5.68. The van der Waals surface area contributed by atoms with E-state index in [1.165, 1.54) is 0 Å². The van der Waals surface area contributed by atoms with E-state index in [-0.39, 0.29) is 11.1 Å². The van der Waals surface area contributed by atoms with Gasteiger partial charge >= 0.3 is 5.69 Å². The van der Waals surface area contributed by atoms with Crippen LogP contribution in [0.15, 0.2) is 46.1 Å². The zero-order valence-corrected chi connectivity index (χ0v) is 19.1. The number of hydrogen-bond donors (Lipinski definition) is 1. The van der Waals surface area contributed by atoms with Crippen LogP contribution in [-0.4, -0.2) is 31.5 Å². The second-order valence-electron chi connectivity index (χ2n) is 9.42. The number of benzene rings is 1. The molecule has 0 bridgehead atoms. The van der Waals surface area contributed by atoms with Crippen molar-refractivity contribution in [2.75, 3.05) is 18.8 Å². The monoisotopic (exact) mass is 425 g/mol. The van der Waals surface area contributed by atoms with Crippen molar-refractivity contribution < 1.29 is 0 Å². The molecular weight excluding hydrogens is 394 g/mol. The fraction of sp³-hybridized carbons (Fsp3) is 0.478. The lowest BCUT2D eigenvalue weighted by molar-refractivity contribution is 0.339. The molecule has 7 heteroatoms. The van der Waals surface area contributed by atoms with Crippen molar-refractivity contribution in [1.29, 1.82) is 0 Å². The van der Waals surface area contributed by atoms with Crippen molar-refractivity contribution in [2.45, 2.75) is 51.0 Å². The van der Waals surface area contributed by atoms with Gasteiger partial charge in [0.2, 0.25) is 0 Å². The normalized spacial score (nSPS) is 18.2. The molecule has 30 heavy (non-hydrogen) atoms. The van der Waals surface area contributed by atoms with Crippen LogP contribution in [0.25, 0.3) is 11.2 Å². The maximum atomic E-state index is 12.8. The second-order valence-corrected chi connectivity index (χ2v) is 10.6. The van der Waals surface area contributed by atoms with Crippen molar-refractivity contribution in [3.8, 4) is 0 Å². The molecule has 0 aliphatic carbocycles. The number of aromatic nitrogens is 3. The largest absolute Gasteiger partial charge is 0.398 e. The van der Waals surface area contributed by atoms with Crippen LogP contribution in [-0.2, 0) is 13.6 Å². The summed E-state index contributed by atoms with van der Waals surface area (Å²) in [6.45, 7) is 9.08. The number of nitrogen functional groups attached to an aromatic ring is 1. The molecule has 3 heterocycles. The van der Waals surface area contributed by atoms with Gasteiger partial charge in [-0.25, -0.2) is 14.1 Å². The van der Waals surface area contributed by atoms with Gasteiger partial charge in [-0.05, 0) is 54.5 Å². The molecule has 1 fully saturated rings. The highest BCUT2D eigenvalue weighted by Crippen LogP contribution is 2.35. The van der Waals surface area contributed by atoms with Gasteiger partial charge in [0, 0.05) is 48.9 Å². The molecule has 1 aliphatic heterocycles. The van der Waals surface area contributed by atoms with Crippen LogP contribution in [0.1, 0.15) is 45.2 Å². The first kappa shape index (κ1) is 21.0. The van der Waals surface area contributed by atoms with E-state index in [9.17, 15) is 4.79 Å². The predicted molar refractivity (Wildman–Crippen MR) is 125 cm³/mol. The summed E-state index contributed by atoms with van der Waals surface area (Å²) >= 11 is 1.73. The third kappa shape index (κ3) is 4.27. The average molecular weight is 426 g/mol. The Morgan fingerprint density at radius 1 is 1.20 bits per heavy atom. The summed E-state index contributed by atoms with van der Waals surface area (Å²) in [6.07, 6.45) is 2.23. The van der Waals surface area contributed by atoms with Gasteiger partial charge in [-0.2, -0.15) is 0 Å². The van der Waals surface area contributed by atoms with Crippen LogP contribution < -0.4 is 11.4 Å². The summed E-state index contributed by atoms with van der Waals surface area (Å²) in [4.78, 5) is 18.9. The van der Waals surface area contributed by atoms with E-state index in [2.05, 4.69) is 43.3 Å². The number of nitrogens with two attached hydrogens (primary N) is 1. The van der Waals surface area contributed by atoms with E-state index >= 15 is 0 Å². The van der Waals surface area contributed by atoms with Gasteiger partial charge in [0.25, 0.3) is 0 Å². The van der Waals surface area contributed by atoms with Crippen molar-refractivity contribution in [3.63, 3.8) is 0 Å². The number of hydrogen-bond acceptors (Lipinski definition) is 5. The van der Waals surface area contributed by atoms with Crippen LogP contribution >= 0.6 is 11.9 Å². The van der Waals surface area contributed by atoms with Gasteiger partial charge in [-0.15, -0.1) is 0 Å². The number of nitrogens with zero attached hydrogens (tertiary/aromatic N) is 4. The topological polar surface area (TPSA) is 69.1 Å². The van der Waals surface area contributed by atoms with E-state index < -0.39 is 0 Å². The van der Waals surface area contributed by atoms with Crippen LogP contribution in [0.2, 0.25) is 0 Å². The SMILES string of the molecule is Cn1c(=O)n(CC(C)(C)C)c2ccc(C3CCCN(Sc4ccccc4N)C3)nc21. The molecule has 1 aromatic carbocycles. The molecule has 2 N–H and O–H groups in total. The van der Waals surface area contributed by atoms with E-state index in [0.717, 1.165) is 53.4 Å². The summed E-state index contributed by atoms with van der Waals surface area (Å²) < 4.78 is 5.92. The Morgan fingerprint density at radius 2 is 1.97 bits per heavy atom. The Hall–Kier alpha value is -2.25. The highest BCUT2D eigenvalue weighted by molar-refractivity contribution is 7.97. The molecule has 0 saturated carbocycles. The first-order valence-electron chi connectivity index (χ1n) is 10.6. The van der Waals surface area contributed by atoms with Crippen molar-refractivity contribution in [1.82, 2.24) is 18.4 Å². The zero-order valence-electron chi connectivity index (χ0n) is 18.3. The van der Waals surface area contributed by atoms with Crippen molar-refractivity contribution in [3.05, 3.63) is 52.6 Å². The summed E-state index contributed by atoms with van der Waals surface area (Å²) in [5.41, 5.74) is 9.74. The predicted octanol–water partition coefficient (Wildman–Crippen LogP) is 4.25. The van der Waals surface area contributed by atoms with Crippen molar-refractivity contribution in [2.24, 2.45) is 12.5 Å². The molecule has 1 unspecified atom stereocenters. The lowest BCUT2D eigenvalue weighted by atomic mass is 9.95. The van der Waals surface area contributed by atoms with Gasteiger partial charge < -0.3 is 5.73 Å². The summed E-state index contributed by atoms with van der Waals surface area (Å²) in [7, 11) is 1.82. The molecule has 6 nitrogen and oxygen atoms in total. The number of imidazole rings is 1. The van der Waals surface area contributed by atoms with Gasteiger partial charge in [-0.1, -0.05) is 32.9 Å². The third-order valence-corrected chi connectivity index (χ3v) is 6.74. The Morgan fingerprint density at radius 3 is 2.70 bits per heavy atom. The molecule has 1 aliphatic rings. The molecule has 0 amide bonds. The summed E-state index contributed by atoms with van der Waals surface area (Å²) in [5.74, 6) is 0.349. The Labute approximate surface area is 182 Å². The quantitative estimate of drug-likeness (QED) is 0.500. The van der Waals surface area contributed by atoms with Crippen LogP contribution in [0.5, 0.6) is 0 Å². The highest BCUT2D eigenvalue weighted by Gasteiger charge is 2.25. The van der Waals surface area contributed by atoms with E-state index in [1.807, 2.05) is 29.8 Å². The minimum atomic E-state index is 0.00459. The Bertz CT molecular complexity index is 1110. The molecule has 1 atom stereocenters. The number of anilines is 1. The number of rotatable bonds is 4. The summed E-state index contributed by atoms with van der Waals surface area (Å²) in [5, 5.41) is 0. The van der Waals surface area contributed by atoms with Gasteiger partial charge in [0.05, 0.1) is 5.52 Å². The number of pyridine rings is 1. The van der Waals surface area contributed by atoms with Gasteiger partial charge in [0.15, 0.2) is 5.65 Å². The van der Waals surface area contributed by atoms with Gasteiger partial charge in [0.1, 0.15) is 0 Å². The number of para-hydroxylation sites is 1. The molecule has 0 radical (unpaired) electrons. The minimum absolute atomic E-state index is 0.00459. The minimum Gasteiger partial charge on any atom is -0.398 e. The maximum Gasteiger partial charge on any atom is 0.330 e. The van der Waals surface area contributed by atoms with Crippen LogP contribution in [0.3, 0.4) is 0 Å².